The van der Waals surface area contributed by atoms with Crippen LogP contribution in [0.15, 0.2) is 35.5 Å². The molecule has 0 unspecified atom stereocenters. The Hall–Kier alpha value is -1.39. The summed E-state index contributed by atoms with van der Waals surface area (Å²) in [5.41, 5.74) is 0.972. The van der Waals surface area contributed by atoms with Crippen LogP contribution in [-0.2, 0) is 0 Å². The Morgan fingerprint density at radius 2 is 1.80 bits per heavy atom. The summed E-state index contributed by atoms with van der Waals surface area (Å²) in [6, 6.07) is 9.53. The molecule has 0 saturated carbocycles. The van der Waals surface area contributed by atoms with Crippen LogP contribution >= 0.6 is 0 Å². The maximum atomic E-state index is 10.7. The van der Waals surface area contributed by atoms with E-state index >= 15 is 0 Å². The van der Waals surface area contributed by atoms with E-state index in [1.54, 1.807) is 0 Å². The van der Waals surface area contributed by atoms with E-state index in [9.17, 15) is 10.3 Å². The Morgan fingerprint density at radius 1 is 1.20 bits per heavy atom. The van der Waals surface area contributed by atoms with E-state index in [2.05, 4.69) is 24.3 Å². The SMILES string of the molecule is CC1(C)C/C(=N/O)[C@H]([C@@H](O)c2ccccc2)C(C)(C)N1. The normalized spacial score (nSPS) is 28.2. The molecule has 3 N–H and O–H groups in total. The van der Waals surface area contributed by atoms with Crippen molar-refractivity contribution in [3.63, 3.8) is 0 Å². The third-order valence-corrected chi connectivity index (χ3v) is 4.01. The molecule has 20 heavy (non-hydrogen) atoms. The number of aliphatic hydroxyl groups is 1. The van der Waals surface area contributed by atoms with Gasteiger partial charge in [0.15, 0.2) is 0 Å². The molecule has 1 aromatic rings. The van der Waals surface area contributed by atoms with Gasteiger partial charge in [0.1, 0.15) is 0 Å². The highest BCUT2D eigenvalue weighted by Crippen LogP contribution is 2.39. The smallest absolute Gasteiger partial charge is 0.0889 e. The van der Waals surface area contributed by atoms with Crippen molar-refractivity contribution in [2.75, 3.05) is 0 Å². The van der Waals surface area contributed by atoms with E-state index in [1.807, 2.05) is 44.2 Å². The third-order valence-electron chi connectivity index (χ3n) is 4.01. The van der Waals surface area contributed by atoms with Crippen molar-refractivity contribution in [2.24, 2.45) is 11.1 Å². The van der Waals surface area contributed by atoms with Crippen molar-refractivity contribution in [1.82, 2.24) is 5.32 Å². The van der Waals surface area contributed by atoms with Gasteiger partial charge < -0.3 is 15.6 Å². The number of nitrogens with zero attached hydrogens (tertiary/aromatic N) is 1. The number of benzene rings is 1. The molecule has 0 spiro atoms. The molecule has 1 aliphatic rings. The maximum absolute atomic E-state index is 10.7. The van der Waals surface area contributed by atoms with Gasteiger partial charge in [0.05, 0.1) is 11.8 Å². The Bertz CT molecular complexity index is 494. The monoisotopic (exact) mass is 276 g/mol. The first-order chi connectivity index (χ1) is 9.27. The molecular formula is C16H24N2O2. The van der Waals surface area contributed by atoms with Crippen molar-refractivity contribution >= 4 is 5.71 Å². The van der Waals surface area contributed by atoms with Gasteiger partial charge in [-0.15, -0.1) is 0 Å². The quantitative estimate of drug-likeness (QED) is 0.575. The fraction of sp³-hybridized carbons (Fsp3) is 0.562. The largest absolute Gasteiger partial charge is 0.411 e. The lowest BCUT2D eigenvalue weighted by atomic mass is 9.69. The van der Waals surface area contributed by atoms with Crippen molar-refractivity contribution < 1.29 is 10.3 Å². The summed E-state index contributed by atoms with van der Waals surface area (Å²) in [5, 5.41) is 27.1. The first-order valence-corrected chi connectivity index (χ1v) is 7.00. The van der Waals surface area contributed by atoms with Crippen LogP contribution < -0.4 is 5.32 Å². The molecule has 0 amide bonds. The number of rotatable bonds is 2. The molecule has 1 aromatic carbocycles. The van der Waals surface area contributed by atoms with E-state index < -0.39 is 6.10 Å². The number of oxime groups is 1. The number of aliphatic hydroxyl groups excluding tert-OH is 1. The van der Waals surface area contributed by atoms with Crippen molar-refractivity contribution in [2.45, 2.75) is 51.3 Å². The minimum Gasteiger partial charge on any atom is -0.411 e. The zero-order chi connectivity index (χ0) is 15.0. The molecule has 1 aliphatic heterocycles. The second-order valence-corrected chi connectivity index (χ2v) is 6.83. The molecule has 1 saturated heterocycles. The molecule has 1 fully saturated rings. The lowest BCUT2D eigenvalue weighted by molar-refractivity contribution is 0.0629. The second kappa shape index (κ2) is 5.19. The Morgan fingerprint density at radius 3 is 2.35 bits per heavy atom. The number of hydrogen-bond donors (Lipinski definition) is 3. The molecule has 0 bridgehead atoms. The average Bonchev–Trinajstić information content (AvgIpc) is 2.36. The third kappa shape index (κ3) is 2.86. The van der Waals surface area contributed by atoms with Crippen LogP contribution in [0.4, 0.5) is 0 Å². The molecule has 0 aromatic heterocycles. The van der Waals surface area contributed by atoms with Crippen LogP contribution in [0.3, 0.4) is 0 Å². The zero-order valence-corrected chi connectivity index (χ0v) is 12.6. The Kier molecular flexibility index (Phi) is 3.89. The first-order valence-electron chi connectivity index (χ1n) is 7.00. The fourth-order valence-electron chi connectivity index (χ4n) is 3.49. The van der Waals surface area contributed by atoms with Gasteiger partial charge in [-0.25, -0.2) is 0 Å². The predicted octanol–water partition coefficient (Wildman–Crippen LogP) is 2.72. The van der Waals surface area contributed by atoms with Gasteiger partial charge in [0, 0.05) is 23.4 Å². The van der Waals surface area contributed by atoms with Crippen LogP contribution in [0.5, 0.6) is 0 Å². The molecule has 2 atom stereocenters. The molecule has 110 valence electrons. The predicted molar refractivity (Wildman–Crippen MR) is 80.0 cm³/mol. The van der Waals surface area contributed by atoms with Crippen LogP contribution in [0.1, 0.15) is 45.8 Å². The van der Waals surface area contributed by atoms with Crippen LogP contribution in [-0.4, -0.2) is 27.1 Å². The van der Waals surface area contributed by atoms with Crippen LogP contribution in [0.25, 0.3) is 0 Å². The minimum absolute atomic E-state index is 0.155. The summed E-state index contributed by atoms with van der Waals surface area (Å²) in [5.74, 6) is -0.261. The van der Waals surface area contributed by atoms with Crippen molar-refractivity contribution in [3.8, 4) is 0 Å². The number of nitrogens with one attached hydrogen (secondary N) is 1. The molecule has 2 rings (SSSR count). The summed E-state index contributed by atoms with van der Waals surface area (Å²) < 4.78 is 0. The molecular weight excluding hydrogens is 252 g/mol. The van der Waals surface area contributed by atoms with E-state index in [1.165, 1.54) is 0 Å². The molecule has 0 radical (unpaired) electrons. The maximum Gasteiger partial charge on any atom is 0.0889 e. The second-order valence-electron chi connectivity index (χ2n) is 6.83. The van der Waals surface area contributed by atoms with Gasteiger partial charge in [-0.1, -0.05) is 35.5 Å². The standard InChI is InChI=1S/C16H24N2O2/c1-15(2)10-12(17-20)13(16(3,4)18-15)14(19)11-8-6-5-7-9-11/h5-9,13-14,18-20H,10H2,1-4H3/b17-12-/t13-,14+/m1/s1. The molecule has 1 heterocycles. The minimum atomic E-state index is -0.694. The van der Waals surface area contributed by atoms with Crippen LogP contribution in [0, 0.1) is 5.92 Å². The summed E-state index contributed by atoms with van der Waals surface area (Å²) in [4.78, 5) is 0. The highest BCUT2D eigenvalue weighted by atomic mass is 16.4. The summed E-state index contributed by atoms with van der Waals surface area (Å²) in [6.07, 6.45) is -0.0812. The van der Waals surface area contributed by atoms with Crippen molar-refractivity contribution in [1.29, 1.82) is 0 Å². The molecule has 4 nitrogen and oxygen atoms in total. The first kappa shape index (κ1) is 15.0. The van der Waals surface area contributed by atoms with Gasteiger partial charge in [0.2, 0.25) is 0 Å². The van der Waals surface area contributed by atoms with E-state index in [0.29, 0.717) is 12.1 Å². The zero-order valence-electron chi connectivity index (χ0n) is 12.6. The number of piperidine rings is 1. The van der Waals surface area contributed by atoms with Gasteiger partial charge in [-0.3, -0.25) is 0 Å². The number of hydrogen-bond acceptors (Lipinski definition) is 4. The van der Waals surface area contributed by atoms with Gasteiger partial charge in [-0.2, -0.15) is 0 Å². The van der Waals surface area contributed by atoms with Gasteiger partial charge in [-0.05, 0) is 33.3 Å². The fourth-order valence-corrected chi connectivity index (χ4v) is 3.49. The lowest BCUT2D eigenvalue weighted by Crippen LogP contribution is -2.64. The molecule has 4 heteroatoms. The summed E-state index contributed by atoms with van der Waals surface area (Å²) in [6.45, 7) is 8.22. The van der Waals surface area contributed by atoms with Crippen LogP contribution in [0.2, 0.25) is 0 Å². The van der Waals surface area contributed by atoms with E-state index in [-0.39, 0.29) is 17.0 Å². The highest BCUT2D eigenvalue weighted by molar-refractivity contribution is 5.90. The topological polar surface area (TPSA) is 64.9 Å². The Balaban J connectivity index is 2.38. The van der Waals surface area contributed by atoms with E-state index in [0.717, 1.165) is 5.56 Å². The van der Waals surface area contributed by atoms with Gasteiger partial charge >= 0.3 is 0 Å². The average molecular weight is 276 g/mol. The highest BCUT2D eigenvalue weighted by Gasteiger charge is 2.47. The Labute approximate surface area is 120 Å². The summed E-state index contributed by atoms with van der Waals surface area (Å²) >= 11 is 0. The van der Waals surface area contributed by atoms with Crippen molar-refractivity contribution in [3.05, 3.63) is 35.9 Å². The molecule has 0 aliphatic carbocycles. The van der Waals surface area contributed by atoms with Gasteiger partial charge in [0.25, 0.3) is 0 Å². The lowest BCUT2D eigenvalue weighted by Gasteiger charge is -2.49. The van der Waals surface area contributed by atoms with E-state index in [4.69, 9.17) is 0 Å². The summed E-state index contributed by atoms with van der Waals surface area (Å²) in [7, 11) is 0.